The van der Waals surface area contributed by atoms with Crippen LogP contribution in [0.2, 0.25) is 0 Å². The molecular weight excluding hydrogens is 342 g/mol. The van der Waals surface area contributed by atoms with Gasteiger partial charge < -0.3 is 9.64 Å². The van der Waals surface area contributed by atoms with Gasteiger partial charge in [-0.2, -0.15) is 0 Å². The van der Waals surface area contributed by atoms with Crippen LogP contribution in [0.3, 0.4) is 0 Å². The number of nitrogens with zero attached hydrogens (tertiary/aromatic N) is 5. The van der Waals surface area contributed by atoms with Crippen molar-refractivity contribution < 1.29 is 9.53 Å². The predicted molar refractivity (Wildman–Crippen MR) is 102 cm³/mol. The number of aromatic nitrogens is 4. The van der Waals surface area contributed by atoms with Gasteiger partial charge in [-0.1, -0.05) is 24.8 Å². The van der Waals surface area contributed by atoms with Crippen LogP contribution in [-0.2, 0) is 6.54 Å². The topological polar surface area (TPSA) is 73.1 Å². The van der Waals surface area contributed by atoms with Gasteiger partial charge in [0.1, 0.15) is 18.7 Å². The summed E-state index contributed by atoms with van der Waals surface area (Å²) >= 11 is 0. The van der Waals surface area contributed by atoms with Gasteiger partial charge in [-0.3, -0.25) is 4.79 Å². The van der Waals surface area contributed by atoms with Crippen molar-refractivity contribution in [2.24, 2.45) is 0 Å². The van der Waals surface area contributed by atoms with Gasteiger partial charge in [-0.15, -0.1) is 5.10 Å². The second kappa shape index (κ2) is 8.27. The lowest BCUT2D eigenvalue weighted by Crippen LogP contribution is -2.26. The van der Waals surface area contributed by atoms with Crippen LogP contribution in [0.4, 0.5) is 0 Å². The molecule has 0 bridgehead atoms. The number of carbonyl (C=O) groups excluding carboxylic acids is 1. The molecule has 0 unspecified atom stereocenters. The zero-order valence-electron chi connectivity index (χ0n) is 15.4. The predicted octanol–water partition coefficient (Wildman–Crippen LogP) is 2.81. The normalized spacial score (nSPS) is 10.4. The molecule has 0 aliphatic rings. The van der Waals surface area contributed by atoms with Gasteiger partial charge in [-0.05, 0) is 58.8 Å². The fraction of sp³-hybridized carbons (Fsp3) is 0.200. The summed E-state index contributed by atoms with van der Waals surface area (Å²) in [6.07, 6.45) is 3.23. The molecule has 0 aliphatic carbocycles. The average molecular weight is 363 g/mol. The van der Waals surface area contributed by atoms with E-state index in [0.717, 1.165) is 22.6 Å². The highest BCUT2D eigenvalue weighted by atomic mass is 16.5. The summed E-state index contributed by atoms with van der Waals surface area (Å²) in [4.78, 5) is 14.4. The smallest absolute Gasteiger partial charge is 0.253 e. The summed E-state index contributed by atoms with van der Waals surface area (Å²) in [5.41, 5.74) is 3.41. The third kappa shape index (κ3) is 4.38. The molecule has 7 heteroatoms. The van der Waals surface area contributed by atoms with E-state index in [9.17, 15) is 4.79 Å². The fourth-order valence-corrected chi connectivity index (χ4v) is 2.73. The highest BCUT2D eigenvalue weighted by Gasteiger charge is 2.14. The molecule has 0 atom stereocenters. The van der Waals surface area contributed by atoms with E-state index < -0.39 is 0 Å². The zero-order chi connectivity index (χ0) is 19.2. The number of hydrogen-bond acceptors (Lipinski definition) is 5. The number of hydrogen-bond donors (Lipinski definition) is 0. The van der Waals surface area contributed by atoms with Crippen LogP contribution in [0.1, 0.15) is 21.5 Å². The minimum Gasteiger partial charge on any atom is -0.490 e. The highest BCUT2D eigenvalue weighted by Crippen LogP contribution is 2.17. The molecular formula is C20H21N5O2. The number of carbonyl (C=O) groups is 1. The number of aryl methyl sites for hydroxylation is 1. The van der Waals surface area contributed by atoms with Crippen LogP contribution < -0.4 is 4.74 Å². The van der Waals surface area contributed by atoms with Gasteiger partial charge >= 0.3 is 0 Å². The Labute approximate surface area is 157 Å². The third-order valence-corrected chi connectivity index (χ3v) is 4.10. The maximum Gasteiger partial charge on any atom is 0.253 e. The Hall–Kier alpha value is -3.48. The first kappa shape index (κ1) is 18.3. The molecule has 3 rings (SSSR count). The molecule has 0 saturated carbocycles. The average Bonchev–Trinajstić information content (AvgIpc) is 3.21. The molecule has 7 nitrogen and oxygen atoms in total. The van der Waals surface area contributed by atoms with Crippen molar-refractivity contribution in [2.75, 3.05) is 13.7 Å². The van der Waals surface area contributed by atoms with E-state index in [1.54, 1.807) is 28.8 Å². The van der Waals surface area contributed by atoms with Crippen molar-refractivity contribution in [3.8, 4) is 11.4 Å². The molecule has 0 aliphatic heterocycles. The first-order valence-electron chi connectivity index (χ1n) is 8.50. The van der Waals surface area contributed by atoms with Crippen molar-refractivity contribution in [3.05, 3.63) is 78.1 Å². The molecule has 2 aromatic carbocycles. The Morgan fingerprint density at radius 2 is 2.04 bits per heavy atom. The zero-order valence-corrected chi connectivity index (χ0v) is 15.4. The Bertz CT molecular complexity index is 920. The lowest BCUT2D eigenvalue weighted by Gasteiger charge is -2.18. The van der Waals surface area contributed by atoms with Gasteiger partial charge in [0.05, 0.1) is 5.69 Å². The van der Waals surface area contributed by atoms with E-state index in [-0.39, 0.29) is 5.91 Å². The maximum atomic E-state index is 12.8. The Kier molecular flexibility index (Phi) is 5.61. The number of amides is 1. The number of tetrazole rings is 1. The largest absolute Gasteiger partial charge is 0.490 e. The van der Waals surface area contributed by atoms with Gasteiger partial charge in [-0.25, -0.2) is 4.68 Å². The van der Waals surface area contributed by atoms with Crippen molar-refractivity contribution >= 4 is 5.91 Å². The number of benzene rings is 2. The third-order valence-electron chi connectivity index (χ3n) is 4.10. The minimum absolute atomic E-state index is 0.0478. The summed E-state index contributed by atoms with van der Waals surface area (Å²) in [6, 6.07) is 13.2. The summed E-state index contributed by atoms with van der Waals surface area (Å²) in [6.45, 7) is 6.53. The van der Waals surface area contributed by atoms with Gasteiger partial charge in [0.15, 0.2) is 0 Å². The number of ether oxygens (including phenoxy) is 1. The maximum absolute atomic E-state index is 12.8. The van der Waals surface area contributed by atoms with E-state index in [1.807, 2.05) is 43.3 Å². The molecule has 3 aromatic rings. The van der Waals surface area contributed by atoms with E-state index in [1.165, 1.54) is 6.33 Å². The molecule has 27 heavy (non-hydrogen) atoms. The van der Waals surface area contributed by atoms with Crippen molar-refractivity contribution in [3.63, 3.8) is 0 Å². The van der Waals surface area contributed by atoms with Crippen molar-refractivity contribution in [2.45, 2.75) is 13.5 Å². The van der Waals surface area contributed by atoms with Gasteiger partial charge in [0.2, 0.25) is 0 Å². The lowest BCUT2D eigenvalue weighted by molar-refractivity contribution is 0.0785. The lowest BCUT2D eigenvalue weighted by atomic mass is 10.1. The molecule has 1 aromatic heterocycles. The first-order chi connectivity index (χ1) is 13.1. The monoisotopic (exact) mass is 363 g/mol. The van der Waals surface area contributed by atoms with Crippen molar-refractivity contribution in [1.29, 1.82) is 0 Å². The second-order valence-corrected chi connectivity index (χ2v) is 6.16. The van der Waals surface area contributed by atoms with Crippen molar-refractivity contribution in [1.82, 2.24) is 25.1 Å². The second-order valence-electron chi connectivity index (χ2n) is 6.16. The van der Waals surface area contributed by atoms with Crippen LogP contribution in [0, 0.1) is 6.92 Å². The molecule has 1 amide bonds. The van der Waals surface area contributed by atoms with Crippen LogP contribution in [0.15, 0.2) is 61.4 Å². The summed E-state index contributed by atoms with van der Waals surface area (Å²) in [5.74, 6) is 0.731. The van der Waals surface area contributed by atoms with Crippen LogP contribution in [0.25, 0.3) is 5.69 Å². The minimum atomic E-state index is -0.0478. The van der Waals surface area contributed by atoms with Gasteiger partial charge in [0, 0.05) is 19.2 Å². The Morgan fingerprint density at radius 3 is 2.67 bits per heavy atom. The summed E-state index contributed by atoms with van der Waals surface area (Å²) in [7, 11) is 1.79. The Balaban J connectivity index is 1.68. The van der Waals surface area contributed by atoms with E-state index >= 15 is 0 Å². The van der Waals surface area contributed by atoms with E-state index in [4.69, 9.17) is 4.74 Å². The molecule has 0 N–H and O–H groups in total. The summed E-state index contributed by atoms with van der Waals surface area (Å²) in [5, 5.41) is 11.2. The quantitative estimate of drug-likeness (QED) is 0.604. The summed E-state index contributed by atoms with van der Waals surface area (Å²) < 4.78 is 7.05. The van der Waals surface area contributed by atoms with Crippen LogP contribution in [-0.4, -0.2) is 44.7 Å². The van der Waals surface area contributed by atoms with Crippen LogP contribution >= 0.6 is 0 Å². The molecule has 138 valence electrons. The van der Waals surface area contributed by atoms with Crippen LogP contribution in [0.5, 0.6) is 5.75 Å². The van der Waals surface area contributed by atoms with Gasteiger partial charge in [0.25, 0.3) is 5.91 Å². The molecule has 0 saturated heterocycles. The van der Waals surface area contributed by atoms with E-state index in [2.05, 4.69) is 22.1 Å². The molecule has 0 fully saturated rings. The standard InChI is InChI=1S/C20H21N5O2/c1-4-11-27-18-8-5-16(6-9-18)13-24(3)20(26)17-7-10-19(15(2)12-17)25-14-21-22-23-25/h4-10,12,14H,1,11,13H2,2-3H3. The fourth-order valence-electron chi connectivity index (χ4n) is 2.73. The first-order valence-corrected chi connectivity index (χ1v) is 8.50. The Morgan fingerprint density at radius 1 is 1.26 bits per heavy atom. The highest BCUT2D eigenvalue weighted by molar-refractivity contribution is 5.94. The molecule has 0 radical (unpaired) electrons. The number of rotatable bonds is 7. The molecule has 0 spiro atoms. The SMILES string of the molecule is C=CCOc1ccc(CN(C)C(=O)c2ccc(-n3cnnn3)c(C)c2)cc1. The van der Waals surface area contributed by atoms with E-state index in [0.29, 0.717) is 18.7 Å². The molecule has 1 heterocycles.